The molecule has 0 atom stereocenters. The molecule has 2 aromatic heterocycles. The highest BCUT2D eigenvalue weighted by Gasteiger charge is 2.23. The molecule has 7 heteroatoms. The zero-order chi connectivity index (χ0) is 17.2. The van der Waals surface area contributed by atoms with Crippen LogP contribution in [0.2, 0.25) is 0 Å². The average molecular weight is 339 g/mol. The number of ether oxygens (including phenoxy) is 2. The molecule has 3 aromatic rings. The van der Waals surface area contributed by atoms with Crippen molar-refractivity contribution in [1.82, 2.24) is 19.7 Å². The van der Waals surface area contributed by atoms with Gasteiger partial charge in [0.2, 0.25) is 0 Å². The maximum atomic E-state index is 6.11. The summed E-state index contributed by atoms with van der Waals surface area (Å²) in [5.74, 6) is 1.25. The lowest BCUT2D eigenvalue weighted by atomic mass is 10.1. The van der Waals surface area contributed by atoms with Crippen molar-refractivity contribution in [3.63, 3.8) is 0 Å². The average Bonchev–Trinajstić information content (AvgIpc) is 3.01. The maximum Gasteiger partial charge on any atom is 0.163 e. The Bertz CT molecular complexity index is 886. The first-order chi connectivity index (χ1) is 12.2. The lowest BCUT2D eigenvalue weighted by Crippen LogP contribution is -2.21. The van der Waals surface area contributed by atoms with Crippen molar-refractivity contribution in [3.8, 4) is 5.75 Å². The highest BCUT2D eigenvalue weighted by atomic mass is 16.5. The molecule has 1 aliphatic heterocycles. The number of aryl methyl sites for hydroxylation is 1. The molecule has 4 rings (SSSR count). The predicted molar refractivity (Wildman–Crippen MR) is 94.3 cm³/mol. The largest absolute Gasteiger partial charge is 0.487 e. The Morgan fingerprint density at radius 1 is 1.28 bits per heavy atom. The summed E-state index contributed by atoms with van der Waals surface area (Å²) in [6.07, 6.45) is 3.32. The second kappa shape index (κ2) is 6.68. The fourth-order valence-corrected chi connectivity index (χ4v) is 3.21. The number of hydrogen-bond donors (Lipinski definition) is 1. The number of hydrogen-bond acceptors (Lipinski definition) is 6. The molecule has 0 bridgehead atoms. The summed E-state index contributed by atoms with van der Waals surface area (Å²) in [5, 5.41) is 5.54. The summed E-state index contributed by atoms with van der Waals surface area (Å²) < 4.78 is 13.3. The number of anilines is 1. The molecule has 7 nitrogen and oxygen atoms in total. The van der Waals surface area contributed by atoms with Crippen LogP contribution in [0.5, 0.6) is 5.75 Å². The van der Waals surface area contributed by atoms with E-state index in [9.17, 15) is 0 Å². The van der Waals surface area contributed by atoms with Gasteiger partial charge in [0.15, 0.2) is 5.65 Å². The normalized spacial score (nSPS) is 15.6. The van der Waals surface area contributed by atoms with Crippen LogP contribution >= 0.6 is 0 Å². The molecule has 0 unspecified atom stereocenters. The highest BCUT2D eigenvalue weighted by molar-refractivity contribution is 5.88. The molecule has 1 aliphatic rings. The van der Waals surface area contributed by atoms with Crippen LogP contribution < -0.4 is 10.5 Å². The van der Waals surface area contributed by atoms with Crippen molar-refractivity contribution in [2.45, 2.75) is 32.4 Å². The van der Waals surface area contributed by atoms with Crippen LogP contribution in [0.3, 0.4) is 0 Å². The number of nitrogens with two attached hydrogens (primary N) is 1. The Balaban J connectivity index is 1.68. The number of aromatic nitrogens is 4. The molecule has 0 radical (unpaired) electrons. The van der Waals surface area contributed by atoms with Gasteiger partial charge in [0.1, 0.15) is 30.2 Å². The molecule has 25 heavy (non-hydrogen) atoms. The first kappa shape index (κ1) is 15.8. The molecular formula is C18H21N5O2. The topological polar surface area (TPSA) is 88.1 Å². The molecule has 1 aromatic carbocycles. The van der Waals surface area contributed by atoms with E-state index in [4.69, 9.17) is 20.3 Å². The fourth-order valence-electron chi connectivity index (χ4n) is 3.21. The van der Waals surface area contributed by atoms with E-state index < -0.39 is 0 Å². The van der Waals surface area contributed by atoms with Gasteiger partial charge in [-0.2, -0.15) is 5.10 Å². The number of nitrogens with zero attached hydrogens (tertiary/aromatic N) is 4. The highest BCUT2D eigenvalue weighted by Crippen LogP contribution is 2.29. The van der Waals surface area contributed by atoms with E-state index in [1.807, 2.05) is 35.9 Å². The molecule has 0 spiro atoms. The van der Waals surface area contributed by atoms with Gasteiger partial charge in [-0.25, -0.2) is 14.6 Å². The number of nitrogen functional groups attached to an aromatic ring is 1. The van der Waals surface area contributed by atoms with E-state index in [0.29, 0.717) is 12.4 Å². The molecule has 1 fully saturated rings. The summed E-state index contributed by atoms with van der Waals surface area (Å²) in [4.78, 5) is 8.55. The van der Waals surface area contributed by atoms with Crippen molar-refractivity contribution in [2.75, 3.05) is 18.9 Å². The van der Waals surface area contributed by atoms with E-state index in [0.717, 1.165) is 54.1 Å². The van der Waals surface area contributed by atoms with E-state index >= 15 is 0 Å². The zero-order valence-electron chi connectivity index (χ0n) is 14.2. The van der Waals surface area contributed by atoms with Gasteiger partial charge in [0, 0.05) is 13.2 Å². The third-order valence-corrected chi connectivity index (χ3v) is 4.49. The van der Waals surface area contributed by atoms with Crippen LogP contribution in [0.4, 0.5) is 5.82 Å². The summed E-state index contributed by atoms with van der Waals surface area (Å²) in [6.45, 7) is 3.84. The summed E-state index contributed by atoms with van der Waals surface area (Å²) in [6, 6.07) is 8.20. The lowest BCUT2D eigenvalue weighted by Gasteiger charge is -2.22. The van der Waals surface area contributed by atoms with Gasteiger partial charge in [0.05, 0.1) is 11.4 Å². The fraction of sp³-hybridized carbons (Fsp3) is 0.389. The summed E-state index contributed by atoms with van der Waals surface area (Å²) in [7, 11) is 0. The van der Waals surface area contributed by atoms with Gasteiger partial charge >= 0.3 is 0 Å². The van der Waals surface area contributed by atoms with Gasteiger partial charge in [-0.05, 0) is 37.5 Å². The van der Waals surface area contributed by atoms with E-state index in [2.05, 4.69) is 9.97 Å². The second-order valence-electron chi connectivity index (χ2n) is 6.30. The van der Waals surface area contributed by atoms with Gasteiger partial charge < -0.3 is 15.2 Å². The quantitative estimate of drug-likeness (QED) is 0.786. The van der Waals surface area contributed by atoms with Crippen molar-refractivity contribution in [2.24, 2.45) is 0 Å². The molecule has 3 heterocycles. The predicted octanol–water partition coefficient (Wildman–Crippen LogP) is 2.65. The van der Waals surface area contributed by atoms with Crippen LogP contribution in [0, 0.1) is 6.92 Å². The Labute approximate surface area is 145 Å². The maximum absolute atomic E-state index is 6.11. The van der Waals surface area contributed by atoms with Gasteiger partial charge in [-0.1, -0.05) is 12.1 Å². The van der Waals surface area contributed by atoms with Crippen LogP contribution in [-0.4, -0.2) is 33.0 Å². The Morgan fingerprint density at radius 2 is 2.12 bits per heavy atom. The summed E-state index contributed by atoms with van der Waals surface area (Å²) in [5.41, 5.74) is 8.79. The van der Waals surface area contributed by atoms with Crippen molar-refractivity contribution < 1.29 is 9.47 Å². The van der Waals surface area contributed by atoms with E-state index in [1.54, 1.807) is 0 Å². The van der Waals surface area contributed by atoms with Crippen molar-refractivity contribution in [3.05, 3.63) is 41.9 Å². The molecule has 2 N–H and O–H groups in total. The SMILES string of the molecule is Cc1cccc(OCc2nn(C3CCOCC3)c3ncnc(N)c23)c1. The minimum atomic E-state index is 0.262. The third-order valence-electron chi connectivity index (χ3n) is 4.49. The van der Waals surface area contributed by atoms with E-state index in [-0.39, 0.29) is 6.04 Å². The number of fused-ring (bicyclic) bond motifs is 1. The Kier molecular flexibility index (Phi) is 4.23. The van der Waals surface area contributed by atoms with Crippen LogP contribution in [-0.2, 0) is 11.3 Å². The molecule has 0 saturated carbocycles. The van der Waals surface area contributed by atoms with Gasteiger partial charge in [-0.3, -0.25) is 0 Å². The van der Waals surface area contributed by atoms with Crippen LogP contribution in [0.25, 0.3) is 11.0 Å². The first-order valence-corrected chi connectivity index (χ1v) is 8.47. The number of rotatable bonds is 4. The van der Waals surface area contributed by atoms with Crippen LogP contribution in [0.1, 0.15) is 30.1 Å². The Morgan fingerprint density at radius 3 is 2.92 bits per heavy atom. The minimum Gasteiger partial charge on any atom is -0.487 e. The van der Waals surface area contributed by atoms with Crippen LogP contribution in [0.15, 0.2) is 30.6 Å². The van der Waals surface area contributed by atoms with Gasteiger partial charge in [0.25, 0.3) is 0 Å². The monoisotopic (exact) mass is 339 g/mol. The standard InChI is InChI=1S/C18H21N5O2/c1-12-3-2-4-14(9-12)25-10-15-16-17(19)20-11-21-18(16)23(22-15)13-5-7-24-8-6-13/h2-4,9,11,13H,5-8,10H2,1H3,(H2,19,20,21). The van der Waals surface area contributed by atoms with Gasteiger partial charge in [-0.15, -0.1) is 0 Å². The Hall–Kier alpha value is -2.67. The lowest BCUT2D eigenvalue weighted by molar-refractivity contribution is 0.0671. The smallest absolute Gasteiger partial charge is 0.163 e. The molecule has 0 aliphatic carbocycles. The summed E-state index contributed by atoms with van der Waals surface area (Å²) >= 11 is 0. The number of benzene rings is 1. The zero-order valence-corrected chi connectivity index (χ0v) is 14.2. The molecule has 1 saturated heterocycles. The third kappa shape index (κ3) is 3.15. The second-order valence-corrected chi connectivity index (χ2v) is 6.30. The minimum absolute atomic E-state index is 0.262. The first-order valence-electron chi connectivity index (χ1n) is 8.47. The van der Waals surface area contributed by atoms with Crippen molar-refractivity contribution in [1.29, 1.82) is 0 Å². The molecular weight excluding hydrogens is 318 g/mol. The molecule has 0 amide bonds. The molecule has 130 valence electrons. The van der Waals surface area contributed by atoms with Crippen molar-refractivity contribution >= 4 is 16.9 Å². The van der Waals surface area contributed by atoms with E-state index in [1.165, 1.54) is 6.33 Å².